The molecular formula is C20H26N2O5. The van der Waals surface area contributed by atoms with Gasteiger partial charge < -0.3 is 14.8 Å². The minimum atomic E-state index is -1.09. The van der Waals surface area contributed by atoms with E-state index in [1.54, 1.807) is 30.3 Å². The Labute approximate surface area is 159 Å². The predicted molar refractivity (Wildman–Crippen MR) is 101 cm³/mol. The normalized spacial score (nSPS) is 15.3. The molecule has 0 heterocycles. The van der Waals surface area contributed by atoms with E-state index in [1.165, 1.54) is 13.3 Å². The van der Waals surface area contributed by atoms with Gasteiger partial charge in [-0.05, 0) is 44.0 Å². The lowest BCUT2D eigenvalue weighted by molar-refractivity contribution is -0.127. The van der Waals surface area contributed by atoms with E-state index in [-0.39, 0.29) is 11.6 Å². The summed E-state index contributed by atoms with van der Waals surface area (Å²) in [7, 11) is 0. The lowest BCUT2D eigenvalue weighted by atomic mass is 9.96. The van der Waals surface area contributed by atoms with E-state index in [2.05, 4.69) is 17.2 Å². The lowest BCUT2D eigenvalue weighted by Crippen LogP contribution is -2.48. The molecule has 146 valence electrons. The van der Waals surface area contributed by atoms with Gasteiger partial charge in [0.25, 0.3) is 5.91 Å². The molecule has 1 atom stereocenters. The Hall–Kier alpha value is -2.83. The van der Waals surface area contributed by atoms with Gasteiger partial charge in [-0.2, -0.15) is 0 Å². The number of amides is 3. The van der Waals surface area contributed by atoms with Gasteiger partial charge in [0.2, 0.25) is 0 Å². The number of rotatable bonds is 7. The summed E-state index contributed by atoms with van der Waals surface area (Å²) in [5.74, 6) is -0.722. The predicted octanol–water partition coefficient (Wildman–Crippen LogP) is 2.96. The Kier molecular flexibility index (Phi) is 7.85. The molecule has 1 unspecified atom stereocenters. The van der Waals surface area contributed by atoms with Crippen LogP contribution in [-0.4, -0.2) is 36.7 Å². The van der Waals surface area contributed by atoms with Crippen molar-refractivity contribution in [2.75, 3.05) is 6.61 Å². The molecule has 7 heteroatoms. The van der Waals surface area contributed by atoms with Gasteiger partial charge in [-0.1, -0.05) is 31.9 Å². The van der Waals surface area contributed by atoms with E-state index in [1.807, 2.05) is 0 Å². The Morgan fingerprint density at radius 3 is 2.48 bits per heavy atom. The zero-order chi connectivity index (χ0) is 19.6. The van der Waals surface area contributed by atoms with Gasteiger partial charge in [0.05, 0.1) is 5.56 Å². The first-order chi connectivity index (χ1) is 13.0. The molecule has 1 saturated carbocycles. The minimum absolute atomic E-state index is 0.0891. The number of nitrogens with one attached hydrogen (secondary N) is 2. The fraction of sp³-hybridized carbons (Fsp3) is 0.450. The first-order valence-electron chi connectivity index (χ1n) is 9.15. The maximum Gasteiger partial charge on any atom is 0.338 e. The van der Waals surface area contributed by atoms with Gasteiger partial charge in [0.15, 0.2) is 6.10 Å². The van der Waals surface area contributed by atoms with Crippen LogP contribution in [0.4, 0.5) is 4.79 Å². The zero-order valence-corrected chi connectivity index (χ0v) is 15.5. The highest BCUT2D eigenvalue weighted by molar-refractivity contribution is 5.98. The minimum Gasteiger partial charge on any atom is -0.490 e. The third-order valence-corrected chi connectivity index (χ3v) is 4.29. The highest BCUT2D eigenvalue weighted by Gasteiger charge is 2.22. The number of urea groups is 1. The van der Waals surface area contributed by atoms with Gasteiger partial charge in [0.1, 0.15) is 12.4 Å². The number of carbonyl (C=O) groups is 3. The van der Waals surface area contributed by atoms with Crippen LogP contribution in [0.3, 0.4) is 0 Å². The number of carbonyl (C=O) groups excluding carboxylic acids is 3. The molecule has 1 fully saturated rings. The average Bonchev–Trinajstić information content (AvgIpc) is 2.67. The van der Waals surface area contributed by atoms with Gasteiger partial charge in [-0.3, -0.25) is 10.1 Å². The summed E-state index contributed by atoms with van der Waals surface area (Å²) < 4.78 is 10.5. The molecule has 2 rings (SSSR count). The van der Waals surface area contributed by atoms with E-state index in [4.69, 9.17) is 9.47 Å². The second kappa shape index (κ2) is 10.4. The third-order valence-electron chi connectivity index (χ3n) is 4.29. The molecule has 1 aliphatic carbocycles. The second-order valence-corrected chi connectivity index (χ2v) is 6.47. The molecule has 3 amide bonds. The Morgan fingerprint density at radius 1 is 1.19 bits per heavy atom. The fourth-order valence-corrected chi connectivity index (χ4v) is 2.81. The SMILES string of the molecule is C=CCOc1ccc(C(=O)OC(C)C(=O)NC(=O)NC2CCCCC2)cc1. The first kappa shape index (κ1) is 20.5. The summed E-state index contributed by atoms with van der Waals surface area (Å²) >= 11 is 0. The van der Waals surface area contributed by atoms with Crippen molar-refractivity contribution in [2.45, 2.75) is 51.2 Å². The molecule has 7 nitrogen and oxygen atoms in total. The van der Waals surface area contributed by atoms with Crippen LogP contribution in [0.25, 0.3) is 0 Å². The monoisotopic (exact) mass is 374 g/mol. The molecule has 0 radical (unpaired) electrons. The van der Waals surface area contributed by atoms with Crippen LogP contribution >= 0.6 is 0 Å². The molecule has 0 aromatic heterocycles. The maximum atomic E-state index is 12.1. The van der Waals surface area contributed by atoms with Gasteiger partial charge in [0, 0.05) is 6.04 Å². The molecule has 27 heavy (non-hydrogen) atoms. The third kappa shape index (κ3) is 6.77. The molecule has 1 aromatic carbocycles. The Morgan fingerprint density at radius 2 is 1.85 bits per heavy atom. The largest absolute Gasteiger partial charge is 0.490 e. The molecule has 0 saturated heterocycles. The highest BCUT2D eigenvalue weighted by atomic mass is 16.5. The summed E-state index contributed by atoms with van der Waals surface area (Å²) in [5, 5.41) is 5.00. The summed E-state index contributed by atoms with van der Waals surface area (Å²) in [5.41, 5.74) is 0.285. The molecule has 2 N–H and O–H groups in total. The Bertz CT molecular complexity index is 665. The summed E-state index contributed by atoms with van der Waals surface area (Å²) in [6.07, 6.45) is 5.68. The van der Waals surface area contributed by atoms with Crippen molar-refractivity contribution in [1.82, 2.24) is 10.6 Å². The number of benzene rings is 1. The highest BCUT2D eigenvalue weighted by Crippen LogP contribution is 2.17. The average molecular weight is 374 g/mol. The van der Waals surface area contributed by atoms with E-state index >= 15 is 0 Å². The second-order valence-electron chi connectivity index (χ2n) is 6.47. The summed E-state index contributed by atoms with van der Waals surface area (Å²) in [6.45, 7) is 5.34. The van der Waals surface area contributed by atoms with Crippen molar-refractivity contribution in [1.29, 1.82) is 0 Å². The first-order valence-corrected chi connectivity index (χ1v) is 9.15. The van der Waals surface area contributed by atoms with Crippen molar-refractivity contribution in [2.24, 2.45) is 0 Å². The van der Waals surface area contributed by atoms with Crippen LogP contribution in [0.1, 0.15) is 49.4 Å². The molecule has 0 bridgehead atoms. The van der Waals surface area contributed by atoms with Gasteiger partial charge in [-0.25, -0.2) is 9.59 Å². The van der Waals surface area contributed by atoms with Crippen molar-refractivity contribution in [3.05, 3.63) is 42.5 Å². The number of ether oxygens (including phenoxy) is 2. The Balaban J connectivity index is 1.79. The maximum absolute atomic E-state index is 12.1. The van der Waals surface area contributed by atoms with Crippen molar-refractivity contribution in [3.8, 4) is 5.75 Å². The van der Waals surface area contributed by atoms with E-state index in [0.29, 0.717) is 12.4 Å². The van der Waals surface area contributed by atoms with Crippen molar-refractivity contribution < 1.29 is 23.9 Å². The van der Waals surface area contributed by atoms with Crippen molar-refractivity contribution in [3.63, 3.8) is 0 Å². The summed E-state index contributed by atoms with van der Waals surface area (Å²) in [6, 6.07) is 5.87. The van der Waals surface area contributed by atoms with Crippen LogP contribution in [-0.2, 0) is 9.53 Å². The molecule has 1 aromatic rings. The molecule has 1 aliphatic rings. The van der Waals surface area contributed by atoms with Crippen LogP contribution in [0.15, 0.2) is 36.9 Å². The van der Waals surface area contributed by atoms with E-state index < -0.39 is 24.0 Å². The van der Waals surface area contributed by atoms with Crippen molar-refractivity contribution >= 4 is 17.9 Å². The quantitative estimate of drug-likeness (QED) is 0.565. The molecular weight excluding hydrogens is 348 g/mol. The number of hydrogen-bond acceptors (Lipinski definition) is 5. The van der Waals surface area contributed by atoms with E-state index in [0.717, 1.165) is 25.7 Å². The number of imide groups is 1. The van der Waals surface area contributed by atoms with Gasteiger partial charge >= 0.3 is 12.0 Å². The standard InChI is InChI=1S/C20H26N2O5/c1-3-13-26-17-11-9-15(10-12-17)19(24)27-14(2)18(23)22-20(25)21-16-7-5-4-6-8-16/h3,9-12,14,16H,1,4-8,13H2,2H3,(H2,21,22,23,25). The lowest BCUT2D eigenvalue weighted by Gasteiger charge is -2.23. The number of esters is 1. The van der Waals surface area contributed by atoms with Crippen LogP contribution in [0.2, 0.25) is 0 Å². The summed E-state index contributed by atoms with van der Waals surface area (Å²) in [4.78, 5) is 36.1. The van der Waals surface area contributed by atoms with Crippen LogP contribution in [0, 0.1) is 0 Å². The van der Waals surface area contributed by atoms with E-state index in [9.17, 15) is 14.4 Å². The number of hydrogen-bond donors (Lipinski definition) is 2. The van der Waals surface area contributed by atoms with Gasteiger partial charge in [-0.15, -0.1) is 0 Å². The van der Waals surface area contributed by atoms with Crippen LogP contribution in [0.5, 0.6) is 5.75 Å². The molecule has 0 spiro atoms. The van der Waals surface area contributed by atoms with Crippen LogP contribution < -0.4 is 15.4 Å². The zero-order valence-electron chi connectivity index (χ0n) is 15.5. The smallest absolute Gasteiger partial charge is 0.338 e. The topological polar surface area (TPSA) is 93.7 Å². The molecule has 0 aliphatic heterocycles. The fourth-order valence-electron chi connectivity index (χ4n) is 2.81.